The molecule has 1 saturated carbocycles. The van der Waals surface area contributed by atoms with Gasteiger partial charge >= 0.3 is 156 Å². The summed E-state index contributed by atoms with van der Waals surface area (Å²) in [7, 11) is 5.73. The summed E-state index contributed by atoms with van der Waals surface area (Å²) in [6.45, 7) is 3.35. The van der Waals surface area contributed by atoms with Crippen molar-refractivity contribution >= 4 is 45.2 Å². The molecule has 1 aliphatic rings. The molecule has 0 saturated heterocycles. The van der Waals surface area contributed by atoms with Gasteiger partial charge in [0.05, 0.1) is 0 Å². The van der Waals surface area contributed by atoms with Crippen molar-refractivity contribution in [3.63, 3.8) is 0 Å². The molecule has 1 aromatic rings. The maximum atomic E-state index is 13.8. The number of hydrogen-bond acceptors (Lipinski definition) is 4. The molecule has 24 heavy (non-hydrogen) atoms. The molecule has 1 fully saturated rings. The molecule has 3 atom stereocenters. The predicted octanol–water partition coefficient (Wildman–Crippen LogP) is 4.62. The molecule has 0 bridgehead atoms. The third-order valence-corrected chi connectivity index (χ3v) is 8.19. The zero-order valence-corrected chi connectivity index (χ0v) is 17.2. The van der Waals surface area contributed by atoms with E-state index < -0.39 is 53.1 Å². The van der Waals surface area contributed by atoms with Crippen molar-refractivity contribution in [3.05, 3.63) is 33.4 Å². The Morgan fingerprint density at radius 1 is 1.38 bits per heavy atom. The molecule has 0 aromatic heterocycles. The van der Waals surface area contributed by atoms with Crippen molar-refractivity contribution in [2.75, 3.05) is 0 Å². The first-order valence-corrected chi connectivity index (χ1v) is 13.4. The van der Waals surface area contributed by atoms with Gasteiger partial charge in [0.2, 0.25) is 0 Å². The fraction of sp³-hybridized carbons (Fsp3) is 0.562. The Labute approximate surface area is 155 Å². The number of carbonyl (C=O) groups excluding carboxylic acids is 1. The molecule has 0 N–H and O–H groups in total. The number of carbonyl (C=O) groups is 1. The second-order valence-electron chi connectivity index (χ2n) is 6.30. The average molecular weight is 490 g/mol. The summed E-state index contributed by atoms with van der Waals surface area (Å²) in [5.74, 6) is -1.21. The van der Waals surface area contributed by atoms with Gasteiger partial charge in [0.1, 0.15) is 0 Å². The van der Waals surface area contributed by atoms with E-state index in [1.54, 1.807) is 38.1 Å². The Bertz CT molecular complexity index is 626. The molecule has 136 valence electrons. The second kappa shape index (κ2) is 8.42. The molecule has 0 radical (unpaired) electrons. The quantitative estimate of drug-likeness (QED) is 0.344. The number of ether oxygens (including phenoxy) is 1. The first kappa shape index (κ1) is 20.1. The SMILES string of the molecule is CC(C)(OC(=O)C1CCCCC1S(=O)[O-])c1ccccc1I(F)Cl. The van der Waals surface area contributed by atoms with E-state index in [0.717, 1.165) is 12.8 Å². The van der Waals surface area contributed by atoms with Gasteiger partial charge in [0.15, 0.2) is 0 Å². The van der Waals surface area contributed by atoms with Crippen LogP contribution in [0, 0.1) is 9.49 Å². The summed E-state index contributed by atoms with van der Waals surface area (Å²) < 4.78 is 42.6. The number of halogens is 3. The van der Waals surface area contributed by atoms with Crippen molar-refractivity contribution in [1.82, 2.24) is 0 Å². The van der Waals surface area contributed by atoms with E-state index in [2.05, 4.69) is 0 Å². The Morgan fingerprint density at radius 3 is 2.62 bits per heavy atom. The van der Waals surface area contributed by atoms with Gasteiger partial charge in [-0.05, 0) is 0 Å². The minimum absolute atomic E-state index is 0.397. The number of hydrogen-bond donors (Lipinski definition) is 0. The van der Waals surface area contributed by atoms with Gasteiger partial charge in [-0.15, -0.1) is 0 Å². The van der Waals surface area contributed by atoms with E-state index in [4.69, 9.17) is 13.6 Å². The van der Waals surface area contributed by atoms with Crippen LogP contribution in [0.15, 0.2) is 24.3 Å². The molecule has 1 aliphatic carbocycles. The summed E-state index contributed by atoms with van der Waals surface area (Å²) in [6, 6.07) is 6.74. The summed E-state index contributed by atoms with van der Waals surface area (Å²) in [5, 5.41) is -0.713. The predicted molar refractivity (Wildman–Crippen MR) is 99.9 cm³/mol. The van der Waals surface area contributed by atoms with Gasteiger partial charge < -0.3 is 0 Å². The van der Waals surface area contributed by atoms with Crippen LogP contribution in [-0.2, 0) is 26.2 Å². The summed E-state index contributed by atoms with van der Waals surface area (Å²) in [4.78, 5) is 12.6. The van der Waals surface area contributed by atoms with Crippen molar-refractivity contribution in [2.45, 2.75) is 50.4 Å². The van der Waals surface area contributed by atoms with Crippen molar-refractivity contribution in [3.8, 4) is 0 Å². The molecule has 3 unspecified atom stereocenters. The Balaban J connectivity index is 2.22. The van der Waals surface area contributed by atoms with E-state index in [0.29, 0.717) is 22.0 Å². The second-order valence-corrected chi connectivity index (χ2v) is 11.4. The van der Waals surface area contributed by atoms with Crippen LogP contribution >= 0.6 is 28.2 Å². The van der Waals surface area contributed by atoms with Crippen molar-refractivity contribution in [1.29, 1.82) is 0 Å². The number of rotatable bonds is 5. The standard InChI is InChI=1S/C16H21ClFIO4S/c1-16(2,12-8-4-5-9-13(12)19(17)18)23-15(20)11-7-3-6-10-14(11)24(21)22/h4-5,8-9,11,14H,3,6-7,10H2,1-2H3,(H,21,22)/p-1. The van der Waals surface area contributed by atoms with E-state index in [-0.39, 0.29) is 0 Å². The van der Waals surface area contributed by atoms with Gasteiger partial charge in [-0.25, -0.2) is 0 Å². The fourth-order valence-corrected chi connectivity index (χ4v) is 6.51. The molecule has 1 aromatic carbocycles. The first-order valence-electron chi connectivity index (χ1n) is 7.67. The van der Waals surface area contributed by atoms with E-state index >= 15 is 0 Å². The molecular formula is C16H20ClFIO4S-. The van der Waals surface area contributed by atoms with Crippen LogP contribution in [0.2, 0.25) is 0 Å². The van der Waals surface area contributed by atoms with Crippen molar-refractivity contribution < 1.29 is 21.2 Å². The molecular weight excluding hydrogens is 470 g/mol. The minimum atomic E-state index is -3.27. The molecule has 8 heteroatoms. The molecule has 0 spiro atoms. The van der Waals surface area contributed by atoms with Crippen LogP contribution in [0.1, 0.15) is 45.1 Å². The van der Waals surface area contributed by atoms with Crippen LogP contribution in [0.4, 0.5) is 2.86 Å². The van der Waals surface area contributed by atoms with Gasteiger partial charge in [0, 0.05) is 0 Å². The van der Waals surface area contributed by atoms with E-state index in [1.807, 2.05) is 0 Å². The van der Waals surface area contributed by atoms with Gasteiger partial charge in [-0.3, -0.25) is 0 Å². The van der Waals surface area contributed by atoms with Gasteiger partial charge in [-0.1, -0.05) is 0 Å². The number of esters is 1. The molecule has 0 heterocycles. The zero-order chi connectivity index (χ0) is 17.9. The molecule has 0 aliphatic heterocycles. The Hall–Kier alpha value is -0.250. The Morgan fingerprint density at radius 2 is 2.00 bits per heavy atom. The van der Waals surface area contributed by atoms with Crippen LogP contribution < -0.4 is 0 Å². The van der Waals surface area contributed by atoms with E-state index in [1.165, 1.54) is 0 Å². The molecule has 0 amide bonds. The summed E-state index contributed by atoms with van der Waals surface area (Å²) >= 11 is -5.58. The van der Waals surface area contributed by atoms with Crippen LogP contribution in [0.5, 0.6) is 0 Å². The zero-order valence-electron chi connectivity index (χ0n) is 13.5. The molecule has 4 nitrogen and oxygen atoms in total. The topological polar surface area (TPSA) is 66.4 Å². The molecule has 2 rings (SSSR count). The monoisotopic (exact) mass is 489 g/mol. The first-order chi connectivity index (χ1) is 11.2. The van der Waals surface area contributed by atoms with Crippen molar-refractivity contribution in [2.24, 2.45) is 5.92 Å². The third kappa shape index (κ3) is 4.68. The average Bonchev–Trinajstić information content (AvgIpc) is 2.54. The number of benzene rings is 1. The van der Waals surface area contributed by atoms with Gasteiger partial charge in [0.25, 0.3) is 0 Å². The fourth-order valence-electron chi connectivity index (χ4n) is 3.05. The van der Waals surface area contributed by atoms with Crippen LogP contribution in [0.25, 0.3) is 0 Å². The summed E-state index contributed by atoms with van der Waals surface area (Å²) in [5.41, 5.74) is -0.534. The van der Waals surface area contributed by atoms with E-state index in [9.17, 15) is 16.4 Å². The third-order valence-electron chi connectivity index (χ3n) is 4.28. The van der Waals surface area contributed by atoms with Crippen LogP contribution in [0.3, 0.4) is 0 Å². The Kier molecular flexibility index (Phi) is 7.04. The normalized spacial score (nSPS) is 23.5. The summed E-state index contributed by atoms with van der Waals surface area (Å²) in [6.07, 6.45) is 2.55. The maximum absolute atomic E-state index is 13.8. The van der Waals surface area contributed by atoms with Gasteiger partial charge in [-0.2, -0.15) is 0 Å². The van der Waals surface area contributed by atoms with Crippen LogP contribution in [-0.4, -0.2) is 20.0 Å².